The van der Waals surface area contributed by atoms with E-state index in [9.17, 15) is 30.0 Å². The molecule has 0 saturated carbocycles. The summed E-state index contributed by atoms with van der Waals surface area (Å²) in [6, 6.07) is 0. The van der Waals surface area contributed by atoms with Crippen LogP contribution in [0.3, 0.4) is 0 Å². The van der Waals surface area contributed by atoms with Crippen molar-refractivity contribution in [2.75, 3.05) is 19.8 Å². The molecule has 44 heavy (non-hydrogen) atoms. The van der Waals surface area contributed by atoms with E-state index < -0.39 is 49.4 Å². The van der Waals surface area contributed by atoms with Crippen LogP contribution in [0.25, 0.3) is 0 Å². The number of esters is 2. The molecule has 0 amide bonds. The first-order valence-electron chi connectivity index (χ1n) is 17.3. The van der Waals surface area contributed by atoms with Crippen LogP contribution in [0.15, 0.2) is 12.2 Å². The van der Waals surface area contributed by atoms with E-state index in [-0.39, 0.29) is 32.0 Å². The van der Waals surface area contributed by atoms with Crippen LogP contribution < -0.4 is 0 Å². The first-order chi connectivity index (χ1) is 21.3. The summed E-state index contributed by atoms with van der Waals surface area (Å²) in [7, 11) is 0. The molecule has 0 aromatic heterocycles. The van der Waals surface area contributed by atoms with E-state index in [4.69, 9.17) is 18.9 Å². The third-order valence-electron chi connectivity index (χ3n) is 7.90. The van der Waals surface area contributed by atoms with Crippen molar-refractivity contribution in [3.8, 4) is 0 Å². The van der Waals surface area contributed by atoms with Crippen molar-refractivity contribution in [1.82, 2.24) is 0 Å². The van der Waals surface area contributed by atoms with Crippen LogP contribution in [0.5, 0.6) is 0 Å². The van der Waals surface area contributed by atoms with Crippen molar-refractivity contribution in [1.29, 1.82) is 0 Å². The average Bonchev–Trinajstić information content (AvgIpc) is 3.02. The Morgan fingerprint density at radius 1 is 0.682 bits per heavy atom. The maximum atomic E-state index is 12.6. The number of aliphatic hydroxyl groups excluding tert-OH is 4. The number of unbranched alkanes of at least 4 members (excludes halogenated alkanes) is 14. The Balaban J connectivity index is 2.45. The molecule has 1 fully saturated rings. The van der Waals surface area contributed by atoms with Gasteiger partial charge in [0.25, 0.3) is 0 Å². The summed E-state index contributed by atoms with van der Waals surface area (Å²) in [5.41, 5.74) is 0. The van der Waals surface area contributed by atoms with Gasteiger partial charge in [0.05, 0.1) is 13.2 Å². The molecule has 0 radical (unpaired) electrons. The highest BCUT2D eigenvalue weighted by Crippen LogP contribution is 2.22. The van der Waals surface area contributed by atoms with Gasteiger partial charge in [0.1, 0.15) is 31.0 Å². The van der Waals surface area contributed by atoms with Gasteiger partial charge in [-0.1, -0.05) is 103 Å². The topological polar surface area (TPSA) is 152 Å². The summed E-state index contributed by atoms with van der Waals surface area (Å²) in [5, 5.41) is 39.7. The van der Waals surface area contributed by atoms with Crippen molar-refractivity contribution >= 4 is 11.9 Å². The van der Waals surface area contributed by atoms with E-state index in [1.807, 2.05) is 0 Å². The molecule has 0 aromatic carbocycles. The first kappa shape index (κ1) is 40.5. The molecule has 6 atom stereocenters. The van der Waals surface area contributed by atoms with Crippen LogP contribution in [0.2, 0.25) is 0 Å². The monoisotopic (exact) mass is 630 g/mol. The summed E-state index contributed by atoms with van der Waals surface area (Å²) in [5.74, 6) is -0.824. The summed E-state index contributed by atoms with van der Waals surface area (Å²) < 4.78 is 21.9. The number of carbonyl (C=O) groups is 2. The van der Waals surface area contributed by atoms with Crippen LogP contribution in [0.4, 0.5) is 0 Å². The predicted molar refractivity (Wildman–Crippen MR) is 169 cm³/mol. The van der Waals surface area contributed by atoms with Crippen molar-refractivity contribution in [2.45, 2.75) is 173 Å². The molecule has 1 heterocycles. The molecule has 4 N–H and O–H groups in total. The van der Waals surface area contributed by atoms with Crippen molar-refractivity contribution in [2.24, 2.45) is 0 Å². The highest BCUT2D eigenvalue weighted by molar-refractivity contribution is 5.70. The van der Waals surface area contributed by atoms with Gasteiger partial charge in [-0.15, -0.1) is 0 Å². The van der Waals surface area contributed by atoms with E-state index in [2.05, 4.69) is 26.0 Å². The molecule has 1 aliphatic rings. The van der Waals surface area contributed by atoms with Gasteiger partial charge in [0.2, 0.25) is 0 Å². The van der Waals surface area contributed by atoms with Gasteiger partial charge in [0, 0.05) is 12.8 Å². The lowest BCUT2D eigenvalue weighted by molar-refractivity contribution is -0.305. The minimum atomic E-state index is -1.59. The van der Waals surface area contributed by atoms with E-state index in [0.29, 0.717) is 6.42 Å². The Hall–Kier alpha value is -1.56. The molecule has 10 heteroatoms. The Bertz CT molecular complexity index is 744. The number of rotatable bonds is 27. The fourth-order valence-corrected chi connectivity index (χ4v) is 5.05. The highest BCUT2D eigenvalue weighted by Gasteiger charge is 2.44. The van der Waals surface area contributed by atoms with Crippen molar-refractivity contribution in [3.63, 3.8) is 0 Å². The smallest absolute Gasteiger partial charge is 0.306 e. The quantitative estimate of drug-likeness (QED) is 0.0537. The van der Waals surface area contributed by atoms with Crippen molar-refractivity contribution < 1.29 is 49.0 Å². The molecule has 0 bridgehead atoms. The lowest BCUT2D eigenvalue weighted by atomic mass is 9.99. The Labute approximate surface area is 265 Å². The molecule has 2 unspecified atom stereocenters. The molecule has 0 aromatic rings. The molecule has 0 aliphatic carbocycles. The zero-order valence-electron chi connectivity index (χ0n) is 27.4. The van der Waals surface area contributed by atoms with E-state index in [1.54, 1.807) is 0 Å². The molecule has 1 saturated heterocycles. The number of aliphatic hydroxyl groups is 4. The SMILES string of the molecule is CCCC/C=C/CCCCCCCC(=O)OC[C@H](CO[C@@H]1O[C@H](CO)[C@H](O)C(O)C1O)OC(=O)CCCCCCCCCC. The summed E-state index contributed by atoms with van der Waals surface area (Å²) >= 11 is 0. The van der Waals surface area contributed by atoms with Gasteiger partial charge in [-0.3, -0.25) is 9.59 Å². The summed E-state index contributed by atoms with van der Waals surface area (Å²) in [6.07, 6.45) is 15.3. The Kier molecular flexibility index (Phi) is 24.5. The zero-order chi connectivity index (χ0) is 32.4. The second kappa shape index (κ2) is 26.6. The normalized spacial score (nSPS) is 22.7. The van der Waals surface area contributed by atoms with Crippen LogP contribution in [0, 0.1) is 0 Å². The second-order valence-electron chi connectivity index (χ2n) is 12.0. The van der Waals surface area contributed by atoms with Crippen LogP contribution >= 0.6 is 0 Å². The maximum Gasteiger partial charge on any atom is 0.306 e. The third kappa shape index (κ3) is 19.1. The van der Waals surface area contributed by atoms with E-state index in [0.717, 1.165) is 64.2 Å². The molecule has 1 rings (SSSR count). The predicted octanol–water partition coefficient (Wildman–Crippen LogP) is 5.27. The number of hydrogen-bond acceptors (Lipinski definition) is 10. The number of ether oxygens (including phenoxy) is 4. The van der Waals surface area contributed by atoms with Crippen LogP contribution in [-0.4, -0.2) is 89.0 Å². The third-order valence-corrected chi connectivity index (χ3v) is 7.90. The molecule has 0 spiro atoms. The summed E-state index contributed by atoms with van der Waals surface area (Å²) in [4.78, 5) is 24.9. The van der Waals surface area contributed by atoms with E-state index >= 15 is 0 Å². The molecular formula is C34H62O10. The summed E-state index contributed by atoms with van der Waals surface area (Å²) in [6.45, 7) is 3.30. The first-order valence-corrected chi connectivity index (χ1v) is 17.3. The maximum absolute atomic E-state index is 12.6. The highest BCUT2D eigenvalue weighted by atomic mass is 16.7. The van der Waals surface area contributed by atoms with Crippen LogP contribution in [0.1, 0.15) is 136 Å². The van der Waals surface area contributed by atoms with Crippen molar-refractivity contribution in [3.05, 3.63) is 12.2 Å². The lowest BCUT2D eigenvalue weighted by Crippen LogP contribution is -2.59. The molecular weight excluding hydrogens is 568 g/mol. The molecule has 258 valence electrons. The standard InChI is InChI=1S/C34H62O10/c1-3-5-7-9-11-13-14-15-17-18-20-22-29(36)41-25-27(43-30(37)23-21-19-16-12-10-8-6-4-2)26-42-34-33(40)32(39)31(38)28(24-35)44-34/h9,11,27-28,31-35,38-40H,3-8,10,12-26H2,1-2H3/b11-9+/t27-,28-,31+,32?,33?,34-/m1/s1. The molecule has 1 aliphatic heterocycles. The fourth-order valence-electron chi connectivity index (χ4n) is 5.05. The average molecular weight is 631 g/mol. The Morgan fingerprint density at radius 3 is 1.84 bits per heavy atom. The molecule has 10 nitrogen and oxygen atoms in total. The van der Waals surface area contributed by atoms with Crippen LogP contribution in [-0.2, 0) is 28.5 Å². The van der Waals surface area contributed by atoms with Gasteiger partial charge < -0.3 is 39.4 Å². The van der Waals surface area contributed by atoms with Gasteiger partial charge in [0.15, 0.2) is 12.4 Å². The van der Waals surface area contributed by atoms with Gasteiger partial charge in [-0.05, 0) is 32.1 Å². The van der Waals surface area contributed by atoms with Gasteiger partial charge in [-0.25, -0.2) is 0 Å². The number of carbonyl (C=O) groups excluding carboxylic acids is 2. The number of allylic oxidation sites excluding steroid dienone is 2. The lowest BCUT2D eigenvalue weighted by Gasteiger charge is -2.39. The largest absolute Gasteiger partial charge is 0.462 e. The second-order valence-corrected chi connectivity index (χ2v) is 12.0. The Morgan fingerprint density at radius 2 is 1.23 bits per heavy atom. The minimum absolute atomic E-state index is 0.218. The van der Waals surface area contributed by atoms with Gasteiger partial charge >= 0.3 is 11.9 Å². The van der Waals surface area contributed by atoms with E-state index in [1.165, 1.54) is 38.5 Å². The van der Waals surface area contributed by atoms with Gasteiger partial charge in [-0.2, -0.15) is 0 Å². The fraction of sp³-hybridized carbons (Fsp3) is 0.882. The zero-order valence-corrected chi connectivity index (χ0v) is 27.4. The number of hydrogen-bond donors (Lipinski definition) is 4. The minimum Gasteiger partial charge on any atom is -0.462 e.